The van der Waals surface area contributed by atoms with Crippen molar-refractivity contribution in [2.75, 3.05) is 6.61 Å². The van der Waals surface area contributed by atoms with Gasteiger partial charge in [-0.25, -0.2) is 0 Å². The van der Waals surface area contributed by atoms with E-state index in [0.29, 0.717) is 38.1 Å². The monoisotopic (exact) mass is 258 g/mol. The van der Waals surface area contributed by atoms with Gasteiger partial charge in [-0.1, -0.05) is 0 Å². The van der Waals surface area contributed by atoms with Gasteiger partial charge < -0.3 is 4.74 Å². The molecule has 100 valence electrons. The molecule has 0 aromatic heterocycles. The van der Waals surface area contributed by atoms with Crippen molar-refractivity contribution in [3.8, 4) is 5.75 Å². The molecule has 0 saturated heterocycles. The molecular weight excluding hydrogens is 240 g/mol. The number of hydrogen-bond donors (Lipinski definition) is 0. The summed E-state index contributed by atoms with van der Waals surface area (Å²) in [5, 5.41) is 0. The number of hydrogen-bond acceptors (Lipinski definition) is 3. The summed E-state index contributed by atoms with van der Waals surface area (Å²) in [6.07, 6.45) is 3.30. The van der Waals surface area contributed by atoms with Crippen LogP contribution in [0.1, 0.15) is 48.5 Å². The highest BCUT2D eigenvalue weighted by atomic mass is 16.5. The Balaban J connectivity index is 1.90. The number of ketones is 2. The van der Waals surface area contributed by atoms with Gasteiger partial charge in [-0.3, -0.25) is 9.59 Å². The largest absolute Gasteiger partial charge is 0.494 e. The van der Waals surface area contributed by atoms with Gasteiger partial charge in [-0.05, 0) is 49.9 Å². The van der Waals surface area contributed by atoms with E-state index in [1.165, 1.54) is 0 Å². The molecular formula is C16H18O3. The normalized spacial score (nSPS) is 20.7. The van der Waals surface area contributed by atoms with Crippen molar-refractivity contribution in [2.45, 2.75) is 39.0 Å². The van der Waals surface area contributed by atoms with Crippen molar-refractivity contribution < 1.29 is 14.3 Å². The Morgan fingerprint density at radius 3 is 2.63 bits per heavy atom. The van der Waals surface area contributed by atoms with Gasteiger partial charge in [0.1, 0.15) is 11.5 Å². The van der Waals surface area contributed by atoms with Gasteiger partial charge in [-0.2, -0.15) is 0 Å². The second kappa shape index (κ2) is 4.48. The molecule has 1 saturated carbocycles. The molecule has 0 heterocycles. The molecule has 1 aromatic carbocycles. The Morgan fingerprint density at radius 1 is 1.21 bits per heavy atom. The first kappa shape index (κ1) is 12.4. The summed E-state index contributed by atoms with van der Waals surface area (Å²) >= 11 is 0. The zero-order chi connectivity index (χ0) is 13.5. The second-order valence-electron chi connectivity index (χ2n) is 5.58. The van der Waals surface area contributed by atoms with Crippen LogP contribution in [0.5, 0.6) is 5.75 Å². The van der Waals surface area contributed by atoms with Gasteiger partial charge in [-0.15, -0.1) is 0 Å². The predicted octanol–water partition coefficient (Wildman–Crippen LogP) is 2.95. The predicted molar refractivity (Wildman–Crippen MR) is 71.6 cm³/mol. The van der Waals surface area contributed by atoms with Crippen molar-refractivity contribution in [3.05, 3.63) is 29.3 Å². The Bertz CT molecular complexity index is 535. The molecule has 0 N–H and O–H groups in total. The molecule has 0 unspecified atom stereocenters. The third kappa shape index (κ3) is 1.97. The molecule has 0 atom stereocenters. The SMILES string of the molecule is CCOc1ccc2c(c1)CC1(CCC(=O)CC1)C2=O. The Morgan fingerprint density at radius 2 is 1.95 bits per heavy atom. The van der Waals surface area contributed by atoms with Crippen LogP contribution in [0.15, 0.2) is 18.2 Å². The molecule has 0 bridgehead atoms. The molecule has 1 spiro atoms. The first-order valence-corrected chi connectivity index (χ1v) is 6.97. The maximum atomic E-state index is 12.6. The Labute approximate surface area is 113 Å². The number of carbonyl (C=O) groups excluding carboxylic acids is 2. The number of benzene rings is 1. The van der Waals surface area contributed by atoms with E-state index >= 15 is 0 Å². The smallest absolute Gasteiger partial charge is 0.169 e. The summed E-state index contributed by atoms with van der Waals surface area (Å²) in [7, 11) is 0. The van der Waals surface area contributed by atoms with Gasteiger partial charge in [0.05, 0.1) is 6.61 Å². The number of carbonyl (C=O) groups is 2. The average Bonchev–Trinajstić information content (AvgIpc) is 2.67. The van der Waals surface area contributed by atoms with Gasteiger partial charge in [0.15, 0.2) is 5.78 Å². The summed E-state index contributed by atoms with van der Waals surface area (Å²) in [5.41, 5.74) is 1.62. The topological polar surface area (TPSA) is 43.4 Å². The minimum Gasteiger partial charge on any atom is -0.494 e. The molecule has 3 nitrogen and oxygen atoms in total. The van der Waals surface area contributed by atoms with E-state index in [9.17, 15) is 9.59 Å². The van der Waals surface area contributed by atoms with Crippen LogP contribution in [-0.4, -0.2) is 18.2 Å². The molecule has 3 rings (SSSR count). The third-order valence-electron chi connectivity index (χ3n) is 4.41. The number of Topliss-reactive ketones (excluding diaryl/α,β-unsaturated/α-hetero) is 2. The lowest BCUT2D eigenvalue weighted by molar-refractivity contribution is -0.121. The maximum Gasteiger partial charge on any atom is 0.169 e. The van der Waals surface area contributed by atoms with Crippen LogP contribution in [-0.2, 0) is 11.2 Å². The Hall–Kier alpha value is -1.64. The summed E-state index contributed by atoms with van der Waals surface area (Å²) in [4.78, 5) is 24.0. The van der Waals surface area contributed by atoms with Gasteiger partial charge in [0.2, 0.25) is 0 Å². The standard InChI is InChI=1S/C16H18O3/c1-2-19-13-3-4-14-11(9-13)10-16(15(14)18)7-5-12(17)6-8-16/h3-4,9H,2,5-8,10H2,1H3. The summed E-state index contributed by atoms with van der Waals surface area (Å²) in [6, 6.07) is 5.74. The fraction of sp³-hybridized carbons (Fsp3) is 0.500. The highest BCUT2D eigenvalue weighted by molar-refractivity contribution is 6.06. The van der Waals surface area contributed by atoms with Gasteiger partial charge >= 0.3 is 0 Å². The van der Waals surface area contributed by atoms with Crippen molar-refractivity contribution >= 4 is 11.6 Å². The molecule has 0 aliphatic heterocycles. The number of fused-ring (bicyclic) bond motifs is 1. The zero-order valence-electron chi connectivity index (χ0n) is 11.2. The highest BCUT2D eigenvalue weighted by Crippen LogP contribution is 2.47. The quantitative estimate of drug-likeness (QED) is 0.819. The molecule has 2 aliphatic rings. The molecule has 19 heavy (non-hydrogen) atoms. The second-order valence-corrected chi connectivity index (χ2v) is 5.58. The lowest BCUT2D eigenvalue weighted by atomic mass is 9.71. The molecule has 2 aliphatic carbocycles. The fourth-order valence-electron chi connectivity index (χ4n) is 3.34. The summed E-state index contributed by atoms with van der Waals surface area (Å²) in [5.74, 6) is 1.36. The van der Waals surface area contributed by atoms with Crippen LogP contribution in [0.3, 0.4) is 0 Å². The Kier molecular flexibility index (Phi) is 2.92. The van der Waals surface area contributed by atoms with E-state index in [4.69, 9.17) is 4.74 Å². The minimum absolute atomic E-state index is 0.234. The van der Waals surface area contributed by atoms with Gasteiger partial charge in [0.25, 0.3) is 0 Å². The van der Waals surface area contributed by atoms with E-state index in [1.807, 2.05) is 25.1 Å². The summed E-state index contributed by atoms with van der Waals surface area (Å²) < 4.78 is 5.49. The van der Waals surface area contributed by atoms with E-state index in [1.54, 1.807) is 0 Å². The van der Waals surface area contributed by atoms with Crippen LogP contribution in [0.2, 0.25) is 0 Å². The van der Waals surface area contributed by atoms with E-state index in [2.05, 4.69) is 0 Å². The van der Waals surface area contributed by atoms with Crippen LogP contribution in [0.4, 0.5) is 0 Å². The minimum atomic E-state index is -0.304. The molecule has 1 fully saturated rings. The average molecular weight is 258 g/mol. The number of ether oxygens (including phenoxy) is 1. The van der Waals surface area contributed by atoms with Crippen LogP contribution >= 0.6 is 0 Å². The number of rotatable bonds is 2. The molecule has 0 radical (unpaired) electrons. The first-order valence-electron chi connectivity index (χ1n) is 6.97. The van der Waals surface area contributed by atoms with Gasteiger partial charge in [0, 0.05) is 23.8 Å². The fourth-order valence-corrected chi connectivity index (χ4v) is 3.34. The van der Waals surface area contributed by atoms with Crippen molar-refractivity contribution in [2.24, 2.45) is 5.41 Å². The van der Waals surface area contributed by atoms with Crippen molar-refractivity contribution in [1.82, 2.24) is 0 Å². The zero-order valence-corrected chi connectivity index (χ0v) is 11.2. The van der Waals surface area contributed by atoms with E-state index in [-0.39, 0.29) is 11.2 Å². The van der Waals surface area contributed by atoms with E-state index < -0.39 is 0 Å². The van der Waals surface area contributed by atoms with Crippen LogP contribution in [0.25, 0.3) is 0 Å². The lowest BCUT2D eigenvalue weighted by Gasteiger charge is -2.30. The molecule has 0 amide bonds. The lowest BCUT2D eigenvalue weighted by Crippen LogP contribution is -2.33. The van der Waals surface area contributed by atoms with Crippen molar-refractivity contribution in [1.29, 1.82) is 0 Å². The first-order chi connectivity index (χ1) is 9.14. The van der Waals surface area contributed by atoms with Crippen LogP contribution in [0, 0.1) is 5.41 Å². The molecule has 1 aromatic rings. The van der Waals surface area contributed by atoms with Crippen molar-refractivity contribution in [3.63, 3.8) is 0 Å². The molecule has 3 heteroatoms. The maximum absolute atomic E-state index is 12.6. The highest BCUT2D eigenvalue weighted by Gasteiger charge is 2.47. The summed E-state index contributed by atoms with van der Waals surface area (Å²) in [6.45, 7) is 2.58. The third-order valence-corrected chi connectivity index (χ3v) is 4.41. The van der Waals surface area contributed by atoms with E-state index in [0.717, 1.165) is 23.3 Å². The van der Waals surface area contributed by atoms with Crippen LogP contribution < -0.4 is 4.74 Å².